The number of para-hydroxylation sites is 1. The van der Waals surface area contributed by atoms with Crippen molar-refractivity contribution in [2.45, 2.75) is 13.5 Å². The summed E-state index contributed by atoms with van der Waals surface area (Å²) in [7, 11) is 0. The highest BCUT2D eigenvalue weighted by Gasteiger charge is 2.12. The van der Waals surface area contributed by atoms with E-state index in [-0.39, 0.29) is 12.4 Å². The van der Waals surface area contributed by atoms with Crippen molar-refractivity contribution in [2.75, 3.05) is 0 Å². The van der Waals surface area contributed by atoms with Crippen molar-refractivity contribution >= 4 is 6.09 Å². The van der Waals surface area contributed by atoms with E-state index >= 15 is 0 Å². The molecule has 0 spiro atoms. The first-order chi connectivity index (χ1) is 11.6. The molecule has 122 valence electrons. The summed E-state index contributed by atoms with van der Waals surface area (Å²) in [5.41, 5.74) is 2.39. The number of nitrogens with zero attached hydrogens (tertiary/aromatic N) is 2. The Bertz CT molecular complexity index is 829. The fourth-order valence-electron chi connectivity index (χ4n) is 2.24. The minimum Gasteiger partial charge on any atom is -0.407 e. The molecular formula is C18H16FN3O2. The van der Waals surface area contributed by atoms with E-state index in [9.17, 15) is 9.18 Å². The Balaban J connectivity index is 1.63. The van der Waals surface area contributed by atoms with Gasteiger partial charge in [-0.05, 0) is 36.8 Å². The van der Waals surface area contributed by atoms with Gasteiger partial charge in [-0.1, -0.05) is 30.3 Å². The summed E-state index contributed by atoms with van der Waals surface area (Å²) < 4.78 is 19.8. The number of hydrogen-bond acceptors (Lipinski definition) is 3. The van der Waals surface area contributed by atoms with E-state index < -0.39 is 6.09 Å². The van der Waals surface area contributed by atoms with Crippen molar-refractivity contribution in [3.8, 4) is 11.4 Å². The second-order valence-electron chi connectivity index (χ2n) is 5.21. The topological polar surface area (TPSA) is 56.1 Å². The van der Waals surface area contributed by atoms with Gasteiger partial charge in [0.1, 0.15) is 5.82 Å². The Hall–Kier alpha value is -3.15. The lowest BCUT2D eigenvalue weighted by Gasteiger charge is -2.07. The second-order valence-corrected chi connectivity index (χ2v) is 5.21. The highest BCUT2D eigenvalue weighted by Crippen LogP contribution is 2.20. The molecule has 5 nitrogen and oxygen atoms in total. The fraction of sp³-hybridized carbons (Fsp3) is 0.111. The molecule has 24 heavy (non-hydrogen) atoms. The number of carbonyl (C=O) groups is 1. The molecular weight excluding hydrogens is 309 g/mol. The lowest BCUT2D eigenvalue weighted by atomic mass is 10.2. The van der Waals surface area contributed by atoms with Crippen LogP contribution in [0.25, 0.3) is 5.69 Å². The van der Waals surface area contributed by atoms with Crippen LogP contribution in [0.5, 0.6) is 5.75 Å². The zero-order valence-corrected chi connectivity index (χ0v) is 13.1. The lowest BCUT2D eigenvalue weighted by Crippen LogP contribution is -2.26. The Labute approximate surface area is 138 Å². The zero-order valence-electron chi connectivity index (χ0n) is 13.1. The van der Waals surface area contributed by atoms with Crippen LogP contribution < -0.4 is 10.1 Å². The van der Waals surface area contributed by atoms with Crippen molar-refractivity contribution in [3.05, 3.63) is 77.9 Å². The highest BCUT2D eigenvalue weighted by atomic mass is 19.1. The van der Waals surface area contributed by atoms with Gasteiger partial charge in [-0.3, -0.25) is 0 Å². The molecule has 1 aromatic heterocycles. The van der Waals surface area contributed by atoms with E-state index in [2.05, 4.69) is 10.4 Å². The van der Waals surface area contributed by atoms with Gasteiger partial charge in [-0.15, -0.1) is 0 Å². The predicted octanol–water partition coefficient (Wildman–Crippen LogP) is 3.61. The molecule has 0 radical (unpaired) electrons. The molecule has 1 amide bonds. The molecule has 1 N–H and O–H groups in total. The summed E-state index contributed by atoms with van der Waals surface area (Å²) in [5, 5.41) is 6.86. The SMILES string of the molecule is Cc1c(OC(=O)NCc2ccc(F)cc2)cnn1-c1ccccc1. The van der Waals surface area contributed by atoms with Crippen LogP contribution in [0.2, 0.25) is 0 Å². The molecule has 0 atom stereocenters. The number of halogens is 1. The molecule has 6 heteroatoms. The van der Waals surface area contributed by atoms with E-state index in [4.69, 9.17) is 4.74 Å². The average molecular weight is 325 g/mol. The number of carbonyl (C=O) groups excluding carboxylic acids is 1. The summed E-state index contributed by atoms with van der Waals surface area (Å²) in [5.74, 6) is 0.0701. The van der Waals surface area contributed by atoms with Gasteiger partial charge < -0.3 is 10.1 Å². The first-order valence-corrected chi connectivity index (χ1v) is 7.43. The molecule has 0 aliphatic carbocycles. The number of ether oxygens (including phenoxy) is 1. The maximum absolute atomic E-state index is 12.8. The molecule has 2 aromatic carbocycles. The van der Waals surface area contributed by atoms with Gasteiger partial charge in [0.2, 0.25) is 0 Å². The van der Waals surface area contributed by atoms with Crippen LogP contribution in [0.4, 0.5) is 9.18 Å². The van der Waals surface area contributed by atoms with Gasteiger partial charge in [-0.25, -0.2) is 13.9 Å². The first kappa shape index (κ1) is 15.7. The molecule has 0 unspecified atom stereocenters. The fourth-order valence-corrected chi connectivity index (χ4v) is 2.24. The average Bonchev–Trinajstić information content (AvgIpc) is 2.96. The van der Waals surface area contributed by atoms with Crippen molar-refractivity contribution in [1.29, 1.82) is 0 Å². The highest BCUT2D eigenvalue weighted by molar-refractivity contribution is 5.70. The quantitative estimate of drug-likeness (QED) is 0.797. The molecule has 0 fully saturated rings. The van der Waals surface area contributed by atoms with Crippen LogP contribution >= 0.6 is 0 Å². The number of amides is 1. The van der Waals surface area contributed by atoms with E-state index in [0.717, 1.165) is 16.9 Å². The van der Waals surface area contributed by atoms with Gasteiger partial charge in [0.05, 0.1) is 17.6 Å². The normalized spacial score (nSPS) is 10.4. The van der Waals surface area contributed by atoms with Crippen LogP contribution in [0.1, 0.15) is 11.3 Å². The minimum absolute atomic E-state index is 0.255. The Kier molecular flexibility index (Phi) is 4.56. The molecule has 0 bridgehead atoms. The predicted molar refractivity (Wildman–Crippen MR) is 87.6 cm³/mol. The van der Waals surface area contributed by atoms with Crippen molar-refractivity contribution in [2.24, 2.45) is 0 Å². The maximum atomic E-state index is 12.8. The van der Waals surface area contributed by atoms with Crippen LogP contribution in [-0.2, 0) is 6.54 Å². The van der Waals surface area contributed by atoms with Crippen LogP contribution in [0, 0.1) is 12.7 Å². The Morgan fingerprint density at radius 2 is 1.88 bits per heavy atom. The Morgan fingerprint density at radius 1 is 1.17 bits per heavy atom. The molecule has 0 aliphatic heterocycles. The molecule has 3 rings (SSSR count). The number of aromatic nitrogens is 2. The summed E-state index contributed by atoms with van der Waals surface area (Å²) in [6.07, 6.45) is 0.912. The van der Waals surface area contributed by atoms with Crippen LogP contribution in [0.15, 0.2) is 60.8 Å². The van der Waals surface area contributed by atoms with Crippen molar-refractivity contribution < 1.29 is 13.9 Å². The third-order valence-corrected chi connectivity index (χ3v) is 3.52. The summed E-state index contributed by atoms with van der Waals surface area (Å²) >= 11 is 0. The standard InChI is InChI=1S/C18H16FN3O2/c1-13-17(12-21-22(13)16-5-3-2-4-6-16)24-18(23)20-11-14-7-9-15(19)10-8-14/h2-10,12H,11H2,1H3,(H,20,23). The molecule has 3 aromatic rings. The molecule has 0 saturated heterocycles. The number of rotatable bonds is 4. The summed E-state index contributed by atoms with van der Waals surface area (Å²) in [6.45, 7) is 2.08. The monoisotopic (exact) mass is 325 g/mol. The maximum Gasteiger partial charge on any atom is 0.412 e. The van der Waals surface area contributed by atoms with Crippen LogP contribution in [-0.4, -0.2) is 15.9 Å². The van der Waals surface area contributed by atoms with Gasteiger partial charge in [-0.2, -0.15) is 5.10 Å². The van der Waals surface area contributed by atoms with Gasteiger partial charge in [0.25, 0.3) is 0 Å². The second kappa shape index (κ2) is 6.95. The van der Waals surface area contributed by atoms with Gasteiger partial charge >= 0.3 is 6.09 Å². The number of benzene rings is 2. The largest absolute Gasteiger partial charge is 0.412 e. The lowest BCUT2D eigenvalue weighted by molar-refractivity contribution is 0.199. The van der Waals surface area contributed by atoms with E-state index in [1.807, 2.05) is 37.3 Å². The number of hydrogen-bond donors (Lipinski definition) is 1. The molecule has 0 saturated carbocycles. The number of nitrogens with one attached hydrogen (secondary N) is 1. The van der Waals surface area contributed by atoms with E-state index in [1.54, 1.807) is 16.8 Å². The first-order valence-electron chi connectivity index (χ1n) is 7.43. The zero-order chi connectivity index (χ0) is 16.9. The third-order valence-electron chi connectivity index (χ3n) is 3.52. The van der Waals surface area contributed by atoms with Crippen molar-refractivity contribution in [1.82, 2.24) is 15.1 Å². The van der Waals surface area contributed by atoms with E-state index in [1.165, 1.54) is 18.3 Å². The summed E-state index contributed by atoms with van der Waals surface area (Å²) in [6, 6.07) is 15.5. The minimum atomic E-state index is -0.588. The molecule has 0 aliphatic rings. The van der Waals surface area contributed by atoms with E-state index in [0.29, 0.717) is 5.75 Å². The van der Waals surface area contributed by atoms with Crippen molar-refractivity contribution in [3.63, 3.8) is 0 Å². The van der Waals surface area contributed by atoms with Gasteiger partial charge in [0, 0.05) is 6.54 Å². The smallest absolute Gasteiger partial charge is 0.407 e. The molecule has 1 heterocycles. The van der Waals surface area contributed by atoms with Crippen LogP contribution in [0.3, 0.4) is 0 Å². The third kappa shape index (κ3) is 3.60. The Morgan fingerprint density at radius 3 is 2.58 bits per heavy atom. The summed E-state index contributed by atoms with van der Waals surface area (Å²) in [4.78, 5) is 11.9. The van der Waals surface area contributed by atoms with Gasteiger partial charge in [0.15, 0.2) is 5.75 Å².